The Hall–Kier alpha value is -1.72. The Kier molecular flexibility index (Phi) is 5.27. The van der Waals surface area contributed by atoms with Gasteiger partial charge >= 0.3 is 11.9 Å². The highest BCUT2D eigenvalue weighted by molar-refractivity contribution is 5.94. The van der Waals surface area contributed by atoms with Crippen LogP contribution in [0.1, 0.15) is 80.1 Å². The van der Waals surface area contributed by atoms with E-state index in [1.54, 1.807) is 0 Å². The van der Waals surface area contributed by atoms with E-state index in [0.29, 0.717) is 0 Å². The molecule has 2 N–H and O–H groups in total. The largest absolute Gasteiger partial charge is 0.481 e. The van der Waals surface area contributed by atoms with E-state index < -0.39 is 11.9 Å². The number of hydrogen-bond acceptors (Lipinski definition) is 4. The fourth-order valence-electron chi connectivity index (χ4n) is 7.39. The van der Waals surface area contributed by atoms with Gasteiger partial charge in [0.2, 0.25) is 0 Å². The number of ketones is 2. The van der Waals surface area contributed by atoms with Gasteiger partial charge in [0.15, 0.2) is 0 Å². The molecule has 4 fully saturated rings. The van der Waals surface area contributed by atoms with Gasteiger partial charge in [0, 0.05) is 22.7 Å². The summed E-state index contributed by atoms with van der Waals surface area (Å²) in [7, 11) is 0. The van der Waals surface area contributed by atoms with E-state index in [-0.39, 0.29) is 69.7 Å². The van der Waals surface area contributed by atoms with Gasteiger partial charge in [0.1, 0.15) is 11.6 Å². The molecule has 0 unspecified atom stereocenters. The Labute approximate surface area is 178 Å². The lowest BCUT2D eigenvalue weighted by atomic mass is 9.70. The average Bonchev–Trinajstić information content (AvgIpc) is 3.09. The highest BCUT2D eigenvalue weighted by Crippen LogP contribution is 2.67. The standard InChI is InChI=1S/2C12H18O3/c2*1-11(2)8-4-5-12(11,3)10(15)7(8)6-9(13)14/h2*7-8H,4-6H2,1-3H3,(H,13,14)/t2*7-,8+,12-/m00/s1. The minimum Gasteiger partial charge on any atom is -0.481 e. The molecule has 0 aliphatic heterocycles. The van der Waals surface area contributed by atoms with Crippen molar-refractivity contribution in [2.45, 2.75) is 80.1 Å². The monoisotopic (exact) mass is 420 g/mol. The van der Waals surface area contributed by atoms with Crippen molar-refractivity contribution in [1.29, 1.82) is 0 Å². The third-order valence-corrected chi connectivity index (χ3v) is 10.1. The zero-order chi connectivity index (χ0) is 22.9. The molecule has 0 amide bonds. The van der Waals surface area contributed by atoms with Gasteiger partial charge in [-0.2, -0.15) is 0 Å². The number of hydrogen-bond donors (Lipinski definition) is 2. The summed E-state index contributed by atoms with van der Waals surface area (Å²) in [4.78, 5) is 45.8. The van der Waals surface area contributed by atoms with Gasteiger partial charge in [0.05, 0.1) is 12.8 Å². The van der Waals surface area contributed by atoms with E-state index in [1.807, 2.05) is 13.8 Å². The topological polar surface area (TPSA) is 109 Å². The van der Waals surface area contributed by atoms with Gasteiger partial charge in [-0.3, -0.25) is 19.2 Å². The van der Waals surface area contributed by atoms with Gasteiger partial charge in [-0.1, -0.05) is 41.5 Å². The van der Waals surface area contributed by atoms with Crippen molar-refractivity contribution >= 4 is 23.5 Å². The van der Waals surface area contributed by atoms with Crippen molar-refractivity contribution in [3.63, 3.8) is 0 Å². The van der Waals surface area contributed by atoms with Crippen molar-refractivity contribution in [3.05, 3.63) is 0 Å². The van der Waals surface area contributed by atoms with Crippen LogP contribution in [-0.4, -0.2) is 33.7 Å². The molecule has 168 valence electrons. The Balaban J connectivity index is 0.000000171. The van der Waals surface area contributed by atoms with Crippen LogP contribution in [0.2, 0.25) is 0 Å². The van der Waals surface area contributed by atoms with Crippen LogP contribution < -0.4 is 0 Å². The number of carbonyl (C=O) groups is 4. The second kappa shape index (κ2) is 6.89. The molecule has 4 saturated carbocycles. The Morgan fingerprint density at radius 3 is 1.23 bits per heavy atom. The number of carboxylic acid groups (broad SMARTS) is 2. The third-order valence-electron chi connectivity index (χ3n) is 10.1. The lowest BCUT2D eigenvalue weighted by molar-refractivity contribution is -0.142. The molecule has 0 aromatic rings. The first kappa shape index (κ1) is 23.0. The van der Waals surface area contributed by atoms with Gasteiger partial charge in [-0.15, -0.1) is 0 Å². The molecule has 0 aromatic carbocycles. The van der Waals surface area contributed by atoms with Crippen molar-refractivity contribution in [2.24, 2.45) is 45.3 Å². The minimum atomic E-state index is -0.847. The average molecular weight is 421 g/mol. The number of fused-ring (bicyclic) bond motifs is 4. The van der Waals surface area contributed by atoms with Crippen LogP contribution in [0.15, 0.2) is 0 Å². The third kappa shape index (κ3) is 2.89. The Morgan fingerprint density at radius 1 is 0.733 bits per heavy atom. The van der Waals surface area contributed by atoms with E-state index in [0.717, 1.165) is 25.7 Å². The molecule has 4 aliphatic carbocycles. The number of carboxylic acids is 2. The minimum absolute atomic E-state index is 0.0164. The van der Waals surface area contributed by atoms with Crippen LogP contribution in [0.5, 0.6) is 0 Å². The van der Waals surface area contributed by atoms with E-state index in [4.69, 9.17) is 10.2 Å². The molecule has 0 saturated heterocycles. The molecular weight excluding hydrogens is 384 g/mol. The summed E-state index contributed by atoms with van der Waals surface area (Å²) in [5.74, 6) is -1.26. The van der Waals surface area contributed by atoms with E-state index in [9.17, 15) is 19.2 Å². The second-order valence-electron chi connectivity index (χ2n) is 11.5. The van der Waals surface area contributed by atoms with Crippen LogP contribution in [0, 0.1) is 45.3 Å². The lowest BCUT2D eigenvalue weighted by Crippen LogP contribution is -2.33. The Bertz CT molecular complexity index is 730. The SMILES string of the molecule is CC1(C)[C@@H]2CC[C@@]1(C)C(=O)[C@H]2CC(=O)O.CC1(C)[C@@H]2CC[C@@]1(C)C(=O)[C@H]2CC(=O)O. The van der Waals surface area contributed by atoms with E-state index in [2.05, 4.69) is 27.7 Å². The van der Waals surface area contributed by atoms with Gasteiger partial charge < -0.3 is 10.2 Å². The number of rotatable bonds is 4. The molecule has 4 rings (SSSR count). The molecule has 6 nitrogen and oxygen atoms in total. The molecule has 30 heavy (non-hydrogen) atoms. The van der Waals surface area contributed by atoms with Crippen molar-refractivity contribution < 1.29 is 29.4 Å². The molecule has 0 aromatic heterocycles. The van der Waals surface area contributed by atoms with Crippen molar-refractivity contribution in [1.82, 2.24) is 0 Å². The van der Waals surface area contributed by atoms with Crippen LogP contribution in [0.25, 0.3) is 0 Å². The summed E-state index contributed by atoms with van der Waals surface area (Å²) in [6.45, 7) is 12.5. The fourth-order valence-corrected chi connectivity index (χ4v) is 7.39. The lowest BCUT2D eigenvalue weighted by Gasteiger charge is -2.32. The highest BCUT2D eigenvalue weighted by Gasteiger charge is 2.67. The zero-order valence-electron chi connectivity index (χ0n) is 19.1. The molecule has 0 spiro atoms. The summed E-state index contributed by atoms with van der Waals surface area (Å²) in [6.07, 6.45) is 3.91. The zero-order valence-corrected chi connectivity index (χ0v) is 19.1. The maximum atomic E-state index is 12.2. The maximum Gasteiger partial charge on any atom is 0.304 e. The smallest absolute Gasteiger partial charge is 0.304 e. The summed E-state index contributed by atoms with van der Waals surface area (Å²) in [5, 5.41) is 17.6. The number of carbonyl (C=O) groups excluding carboxylic acids is 2. The second-order valence-corrected chi connectivity index (χ2v) is 11.5. The van der Waals surface area contributed by atoms with Crippen LogP contribution in [-0.2, 0) is 19.2 Å². The van der Waals surface area contributed by atoms with Crippen LogP contribution in [0.3, 0.4) is 0 Å². The summed E-state index contributed by atoms with van der Waals surface area (Å²) in [6, 6.07) is 0. The first-order chi connectivity index (χ1) is 13.6. The summed E-state index contributed by atoms with van der Waals surface area (Å²) < 4.78 is 0. The first-order valence-electron chi connectivity index (χ1n) is 11.1. The molecule has 6 heteroatoms. The number of Topliss-reactive ketones (excluding diaryl/α,β-unsaturated/α-hetero) is 2. The van der Waals surface area contributed by atoms with Gasteiger partial charge in [-0.05, 0) is 48.3 Å². The molecule has 6 atom stereocenters. The highest BCUT2D eigenvalue weighted by atomic mass is 16.4. The molecular formula is C24H36O6. The molecule has 0 radical (unpaired) electrons. The van der Waals surface area contributed by atoms with Crippen LogP contribution in [0.4, 0.5) is 0 Å². The number of aliphatic carboxylic acids is 2. The predicted molar refractivity (Wildman–Crippen MR) is 111 cm³/mol. The summed E-state index contributed by atoms with van der Waals surface area (Å²) in [5.41, 5.74) is -0.607. The van der Waals surface area contributed by atoms with Gasteiger partial charge in [-0.25, -0.2) is 0 Å². The van der Waals surface area contributed by atoms with E-state index in [1.165, 1.54) is 0 Å². The van der Waals surface area contributed by atoms with E-state index >= 15 is 0 Å². The fraction of sp³-hybridized carbons (Fsp3) is 0.833. The Morgan fingerprint density at radius 2 is 1.03 bits per heavy atom. The van der Waals surface area contributed by atoms with Gasteiger partial charge in [0.25, 0.3) is 0 Å². The quantitative estimate of drug-likeness (QED) is 0.705. The maximum absolute atomic E-state index is 12.2. The van der Waals surface area contributed by atoms with Crippen molar-refractivity contribution in [3.8, 4) is 0 Å². The first-order valence-corrected chi connectivity index (χ1v) is 11.1. The summed E-state index contributed by atoms with van der Waals surface area (Å²) >= 11 is 0. The van der Waals surface area contributed by atoms with Crippen molar-refractivity contribution in [2.75, 3.05) is 0 Å². The molecule has 0 heterocycles. The molecule has 4 bridgehead atoms. The predicted octanol–water partition coefficient (Wildman–Crippen LogP) is 4.21. The molecule has 4 aliphatic rings. The van der Waals surface area contributed by atoms with Crippen LogP contribution >= 0.6 is 0 Å². The normalized spacial score (nSPS) is 42.2.